The molecule has 118 valence electrons. The topological polar surface area (TPSA) is 93.1 Å². The normalized spacial score (nSPS) is 15.2. The quantitative estimate of drug-likeness (QED) is 0.584. The van der Waals surface area contributed by atoms with Crippen molar-refractivity contribution in [2.45, 2.75) is 58.7 Å². The first-order valence-electron chi connectivity index (χ1n) is 6.98. The summed E-state index contributed by atoms with van der Waals surface area (Å²) in [5, 5.41) is 18.0. The van der Waals surface area contributed by atoms with Crippen LogP contribution in [0.1, 0.15) is 46.5 Å². The van der Waals surface area contributed by atoms with Crippen molar-refractivity contribution in [3.63, 3.8) is 0 Å². The van der Waals surface area contributed by atoms with Gasteiger partial charge in [-0.1, -0.05) is 6.92 Å². The largest absolute Gasteiger partial charge is 0.466 e. The van der Waals surface area contributed by atoms with Gasteiger partial charge in [-0.15, -0.1) is 0 Å². The van der Waals surface area contributed by atoms with E-state index in [0.717, 1.165) is 0 Å². The Morgan fingerprint density at radius 1 is 0.850 bits per heavy atom. The number of rotatable bonds is 10. The Kier molecular flexibility index (Phi) is 10.0. The van der Waals surface area contributed by atoms with Crippen molar-refractivity contribution in [2.24, 2.45) is 5.92 Å². The van der Waals surface area contributed by atoms with Gasteiger partial charge in [0, 0.05) is 0 Å². The molecule has 6 nitrogen and oxygen atoms in total. The zero-order valence-electron chi connectivity index (χ0n) is 12.5. The van der Waals surface area contributed by atoms with Crippen LogP contribution in [0, 0.1) is 5.92 Å². The fourth-order valence-corrected chi connectivity index (χ4v) is 1.49. The number of hydrogen-bond donors (Lipinski definition) is 2. The predicted octanol–water partition coefficient (Wildman–Crippen LogP) is 1.03. The number of hydrogen-bond acceptors (Lipinski definition) is 6. The zero-order chi connectivity index (χ0) is 15.5. The van der Waals surface area contributed by atoms with Gasteiger partial charge in [-0.3, -0.25) is 9.59 Å². The van der Waals surface area contributed by atoms with Crippen molar-refractivity contribution < 1.29 is 29.3 Å². The fraction of sp³-hybridized carbons (Fsp3) is 0.857. The highest BCUT2D eigenvalue weighted by atomic mass is 16.5. The minimum absolute atomic E-state index is 0.00530. The van der Waals surface area contributed by atoms with Gasteiger partial charge < -0.3 is 19.7 Å². The molecular weight excluding hydrogens is 264 g/mol. The van der Waals surface area contributed by atoms with E-state index in [1.54, 1.807) is 0 Å². The van der Waals surface area contributed by atoms with Crippen LogP contribution in [0.25, 0.3) is 0 Å². The third kappa shape index (κ3) is 11.9. The molecule has 2 atom stereocenters. The first-order valence-corrected chi connectivity index (χ1v) is 6.98. The van der Waals surface area contributed by atoms with Gasteiger partial charge in [0.1, 0.15) is 0 Å². The van der Waals surface area contributed by atoms with E-state index >= 15 is 0 Å². The molecule has 6 heteroatoms. The lowest BCUT2D eigenvalue weighted by Gasteiger charge is -2.12. The summed E-state index contributed by atoms with van der Waals surface area (Å²) in [5.74, 6) is -0.556. The van der Waals surface area contributed by atoms with Crippen LogP contribution in [0.4, 0.5) is 0 Å². The highest BCUT2D eigenvalue weighted by Crippen LogP contribution is 2.08. The van der Waals surface area contributed by atoms with Crippen molar-refractivity contribution in [1.82, 2.24) is 0 Å². The molecule has 2 unspecified atom stereocenters. The minimum Gasteiger partial charge on any atom is -0.466 e. The van der Waals surface area contributed by atoms with Crippen molar-refractivity contribution in [1.29, 1.82) is 0 Å². The average Bonchev–Trinajstić information content (AvgIpc) is 2.26. The van der Waals surface area contributed by atoms with Crippen LogP contribution in [0.3, 0.4) is 0 Å². The number of esters is 2. The first-order chi connectivity index (χ1) is 9.31. The van der Waals surface area contributed by atoms with E-state index in [1.807, 2.05) is 6.92 Å². The van der Waals surface area contributed by atoms with Crippen LogP contribution in [0.5, 0.6) is 0 Å². The molecule has 0 fully saturated rings. The molecule has 0 aliphatic heterocycles. The maximum Gasteiger partial charge on any atom is 0.308 e. The van der Waals surface area contributed by atoms with Crippen LogP contribution < -0.4 is 0 Å². The summed E-state index contributed by atoms with van der Waals surface area (Å²) in [6, 6.07) is 0. The second-order valence-corrected chi connectivity index (χ2v) is 5.23. The zero-order valence-corrected chi connectivity index (χ0v) is 12.5. The number of carbonyl (C=O) groups is 2. The molecule has 0 saturated carbocycles. The van der Waals surface area contributed by atoms with Gasteiger partial charge in [-0.2, -0.15) is 0 Å². The van der Waals surface area contributed by atoms with Crippen LogP contribution in [0.15, 0.2) is 0 Å². The van der Waals surface area contributed by atoms with Gasteiger partial charge in [-0.25, -0.2) is 0 Å². The molecule has 0 amide bonds. The molecule has 0 aromatic carbocycles. The predicted molar refractivity (Wildman–Crippen MR) is 72.9 cm³/mol. The number of carbonyl (C=O) groups excluding carboxylic acids is 2. The molecular formula is C14H26O6. The average molecular weight is 290 g/mol. The van der Waals surface area contributed by atoms with E-state index < -0.39 is 24.1 Å². The van der Waals surface area contributed by atoms with Crippen molar-refractivity contribution in [2.75, 3.05) is 13.2 Å². The maximum atomic E-state index is 11.2. The molecule has 2 N–H and O–H groups in total. The van der Waals surface area contributed by atoms with Crippen molar-refractivity contribution >= 4 is 11.9 Å². The van der Waals surface area contributed by atoms with Gasteiger partial charge in [0.2, 0.25) is 0 Å². The second-order valence-electron chi connectivity index (χ2n) is 5.23. The molecule has 0 heterocycles. The lowest BCUT2D eigenvalue weighted by Crippen LogP contribution is -2.16. The van der Waals surface area contributed by atoms with Crippen LogP contribution >= 0.6 is 0 Å². The van der Waals surface area contributed by atoms with Gasteiger partial charge in [-0.05, 0) is 32.6 Å². The molecule has 0 aliphatic rings. The highest BCUT2D eigenvalue weighted by Gasteiger charge is 2.10. The van der Waals surface area contributed by atoms with Gasteiger partial charge in [0.05, 0.1) is 38.3 Å². The minimum atomic E-state index is -0.687. The van der Waals surface area contributed by atoms with E-state index in [4.69, 9.17) is 19.7 Å². The highest BCUT2D eigenvalue weighted by molar-refractivity contribution is 5.70. The smallest absolute Gasteiger partial charge is 0.308 e. The molecule has 0 bridgehead atoms. The lowest BCUT2D eigenvalue weighted by molar-refractivity contribution is -0.146. The summed E-state index contributed by atoms with van der Waals surface area (Å²) >= 11 is 0. The third-order valence-corrected chi connectivity index (χ3v) is 2.67. The van der Waals surface area contributed by atoms with Crippen molar-refractivity contribution in [3.8, 4) is 0 Å². The Morgan fingerprint density at radius 3 is 1.50 bits per heavy atom. The molecule has 0 aromatic heterocycles. The van der Waals surface area contributed by atoms with Gasteiger partial charge in [0.15, 0.2) is 0 Å². The van der Waals surface area contributed by atoms with Crippen LogP contribution in [-0.2, 0) is 19.1 Å². The molecule has 20 heavy (non-hydrogen) atoms. The fourth-order valence-electron chi connectivity index (χ4n) is 1.49. The Hall–Kier alpha value is -1.14. The molecule has 0 saturated heterocycles. The summed E-state index contributed by atoms with van der Waals surface area (Å²) in [5.41, 5.74) is 0. The van der Waals surface area contributed by atoms with E-state index in [-0.39, 0.29) is 18.8 Å². The molecule has 0 rings (SSSR count). The van der Waals surface area contributed by atoms with Crippen molar-refractivity contribution in [3.05, 3.63) is 0 Å². The van der Waals surface area contributed by atoms with Gasteiger partial charge in [0.25, 0.3) is 0 Å². The molecule has 0 spiro atoms. The molecule has 0 aromatic rings. The standard InChI is InChI=1S/C14H26O6/c1-10(4-6-19-13(17)8-11(2)15)5-7-20-14(18)9-12(3)16/h10-12,15-16H,4-9H2,1-3H3. The van der Waals surface area contributed by atoms with Crippen LogP contribution in [-0.4, -0.2) is 47.6 Å². The summed E-state index contributed by atoms with van der Waals surface area (Å²) in [7, 11) is 0. The second kappa shape index (κ2) is 10.6. The van der Waals surface area contributed by atoms with E-state index in [2.05, 4.69) is 0 Å². The SMILES string of the molecule is CC(O)CC(=O)OCCC(C)CCOC(=O)CC(C)O. The number of aliphatic hydroxyl groups is 2. The summed E-state index contributed by atoms with van der Waals surface area (Å²) in [6.07, 6.45) is -0.00289. The van der Waals surface area contributed by atoms with Gasteiger partial charge >= 0.3 is 11.9 Å². The Morgan fingerprint density at radius 2 is 1.20 bits per heavy atom. The number of ether oxygens (including phenoxy) is 2. The Balaban J connectivity index is 3.57. The monoisotopic (exact) mass is 290 g/mol. The number of aliphatic hydroxyl groups excluding tert-OH is 2. The Labute approximate surface area is 120 Å². The maximum absolute atomic E-state index is 11.2. The summed E-state index contributed by atoms with van der Waals surface area (Å²) in [4.78, 5) is 22.3. The summed E-state index contributed by atoms with van der Waals surface area (Å²) in [6.45, 7) is 5.64. The van der Waals surface area contributed by atoms with E-state index in [0.29, 0.717) is 26.1 Å². The molecule has 0 radical (unpaired) electrons. The van der Waals surface area contributed by atoms with Crippen LogP contribution in [0.2, 0.25) is 0 Å². The molecule has 0 aliphatic carbocycles. The van der Waals surface area contributed by atoms with E-state index in [1.165, 1.54) is 13.8 Å². The lowest BCUT2D eigenvalue weighted by atomic mass is 10.1. The first kappa shape index (κ1) is 18.9. The third-order valence-electron chi connectivity index (χ3n) is 2.67. The van der Waals surface area contributed by atoms with E-state index in [9.17, 15) is 9.59 Å². The Bertz CT molecular complexity index is 259. The summed E-state index contributed by atoms with van der Waals surface area (Å²) < 4.78 is 9.93.